The summed E-state index contributed by atoms with van der Waals surface area (Å²) in [4.78, 5) is 11.9. The second kappa shape index (κ2) is 7.66. The Kier molecular flexibility index (Phi) is 5.14. The van der Waals surface area contributed by atoms with E-state index in [-0.39, 0.29) is 6.61 Å². The summed E-state index contributed by atoms with van der Waals surface area (Å²) in [6, 6.07) is 24.3. The Bertz CT molecular complexity index is 814. The largest absolute Gasteiger partial charge is 0.480 e. The van der Waals surface area contributed by atoms with Gasteiger partial charge in [0.2, 0.25) is 0 Å². The average molecular weight is 339 g/mol. The van der Waals surface area contributed by atoms with Gasteiger partial charge < -0.3 is 9.47 Å². The maximum absolute atomic E-state index is 11.9. The SMILES string of the molecule is O=C(COc1ccccc1Cl)Oc1ccc(-c2ccccc2)cc1. The van der Waals surface area contributed by atoms with Gasteiger partial charge >= 0.3 is 5.97 Å². The van der Waals surface area contributed by atoms with Crippen LogP contribution in [-0.4, -0.2) is 12.6 Å². The molecule has 0 unspecified atom stereocenters. The Morgan fingerprint density at radius 3 is 2.12 bits per heavy atom. The Balaban J connectivity index is 1.58. The predicted molar refractivity (Wildman–Crippen MR) is 94.5 cm³/mol. The summed E-state index contributed by atoms with van der Waals surface area (Å²) in [7, 11) is 0. The number of hydrogen-bond donors (Lipinski definition) is 0. The van der Waals surface area contributed by atoms with Crippen molar-refractivity contribution >= 4 is 17.6 Å². The highest BCUT2D eigenvalue weighted by atomic mass is 35.5. The van der Waals surface area contributed by atoms with E-state index in [2.05, 4.69) is 0 Å². The number of esters is 1. The summed E-state index contributed by atoms with van der Waals surface area (Å²) in [5.74, 6) is 0.445. The van der Waals surface area contributed by atoms with Gasteiger partial charge in [-0.05, 0) is 35.4 Å². The molecule has 0 atom stereocenters. The van der Waals surface area contributed by atoms with Crippen molar-refractivity contribution in [2.75, 3.05) is 6.61 Å². The summed E-state index contributed by atoms with van der Waals surface area (Å²) in [6.07, 6.45) is 0. The summed E-state index contributed by atoms with van der Waals surface area (Å²) in [6.45, 7) is -0.204. The predicted octanol–water partition coefficient (Wildman–Crippen LogP) is 4.99. The van der Waals surface area contributed by atoms with Crippen LogP contribution in [0.5, 0.6) is 11.5 Å². The van der Waals surface area contributed by atoms with Gasteiger partial charge in [-0.15, -0.1) is 0 Å². The van der Waals surface area contributed by atoms with Crippen molar-refractivity contribution in [1.82, 2.24) is 0 Å². The molecule has 0 heterocycles. The lowest BCUT2D eigenvalue weighted by Crippen LogP contribution is -2.17. The van der Waals surface area contributed by atoms with E-state index in [0.717, 1.165) is 11.1 Å². The lowest BCUT2D eigenvalue weighted by atomic mass is 10.1. The van der Waals surface area contributed by atoms with Crippen LogP contribution in [-0.2, 0) is 4.79 Å². The third kappa shape index (κ3) is 4.15. The van der Waals surface area contributed by atoms with Gasteiger partial charge in [0.05, 0.1) is 5.02 Å². The Morgan fingerprint density at radius 1 is 0.792 bits per heavy atom. The number of rotatable bonds is 5. The van der Waals surface area contributed by atoms with E-state index in [9.17, 15) is 4.79 Å². The Hall–Kier alpha value is -2.78. The molecule has 3 rings (SSSR count). The molecule has 24 heavy (non-hydrogen) atoms. The van der Waals surface area contributed by atoms with E-state index in [1.165, 1.54) is 0 Å². The molecule has 0 bridgehead atoms. The van der Waals surface area contributed by atoms with E-state index in [1.807, 2.05) is 42.5 Å². The summed E-state index contributed by atoms with van der Waals surface area (Å²) in [5.41, 5.74) is 2.17. The molecular weight excluding hydrogens is 324 g/mol. The van der Waals surface area contributed by atoms with Gasteiger partial charge in [-0.25, -0.2) is 4.79 Å². The number of halogens is 1. The van der Waals surface area contributed by atoms with Gasteiger partial charge in [0.25, 0.3) is 0 Å². The zero-order chi connectivity index (χ0) is 16.8. The topological polar surface area (TPSA) is 35.5 Å². The van der Waals surface area contributed by atoms with Crippen LogP contribution in [0.3, 0.4) is 0 Å². The first-order chi connectivity index (χ1) is 11.7. The standard InChI is InChI=1S/C20H15ClO3/c21-18-8-4-5-9-19(18)23-14-20(22)24-17-12-10-16(11-13-17)15-6-2-1-3-7-15/h1-13H,14H2. The van der Waals surface area contributed by atoms with Crippen LogP contribution >= 0.6 is 11.6 Å². The zero-order valence-electron chi connectivity index (χ0n) is 12.8. The van der Waals surface area contributed by atoms with Gasteiger partial charge in [-0.1, -0.05) is 66.2 Å². The average Bonchev–Trinajstić information content (AvgIpc) is 2.62. The molecule has 0 amide bonds. The maximum Gasteiger partial charge on any atom is 0.349 e. The first-order valence-corrected chi connectivity index (χ1v) is 7.84. The highest BCUT2D eigenvalue weighted by molar-refractivity contribution is 6.32. The molecular formula is C20H15ClO3. The van der Waals surface area contributed by atoms with Crippen molar-refractivity contribution < 1.29 is 14.3 Å². The lowest BCUT2D eigenvalue weighted by Gasteiger charge is -2.08. The number of ether oxygens (including phenoxy) is 2. The summed E-state index contributed by atoms with van der Waals surface area (Å²) < 4.78 is 10.6. The highest BCUT2D eigenvalue weighted by Crippen LogP contribution is 2.24. The summed E-state index contributed by atoms with van der Waals surface area (Å²) in [5, 5.41) is 0.456. The van der Waals surface area contributed by atoms with Crippen LogP contribution in [0.15, 0.2) is 78.9 Å². The van der Waals surface area contributed by atoms with Crippen molar-refractivity contribution in [2.45, 2.75) is 0 Å². The number of carbonyl (C=O) groups is 1. The normalized spacial score (nSPS) is 10.2. The maximum atomic E-state index is 11.9. The molecule has 0 radical (unpaired) electrons. The van der Waals surface area contributed by atoms with Crippen LogP contribution in [0.1, 0.15) is 0 Å². The van der Waals surface area contributed by atoms with E-state index in [4.69, 9.17) is 21.1 Å². The molecule has 120 valence electrons. The smallest absolute Gasteiger partial charge is 0.349 e. The molecule has 3 aromatic rings. The molecule has 0 N–H and O–H groups in total. The minimum Gasteiger partial charge on any atom is -0.480 e. The van der Waals surface area contributed by atoms with Gasteiger partial charge in [-0.2, -0.15) is 0 Å². The van der Waals surface area contributed by atoms with Gasteiger partial charge in [0, 0.05) is 0 Å². The molecule has 0 saturated carbocycles. The first-order valence-electron chi connectivity index (χ1n) is 7.46. The molecule has 0 fully saturated rings. The van der Waals surface area contributed by atoms with Crippen molar-refractivity contribution in [1.29, 1.82) is 0 Å². The molecule has 0 aromatic heterocycles. The number of carbonyl (C=O) groups excluding carboxylic acids is 1. The Morgan fingerprint density at radius 2 is 1.42 bits per heavy atom. The van der Waals surface area contributed by atoms with Gasteiger partial charge in [0.15, 0.2) is 6.61 Å². The molecule has 0 saturated heterocycles. The van der Waals surface area contributed by atoms with Gasteiger partial charge in [0.1, 0.15) is 11.5 Å². The molecule has 0 aliphatic rings. The zero-order valence-corrected chi connectivity index (χ0v) is 13.6. The molecule has 3 aromatic carbocycles. The van der Waals surface area contributed by atoms with Crippen molar-refractivity contribution in [2.24, 2.45) is 0 Å². The highest BCUT2D eigenvalue weighted by Gasteiger charge is 2.08. The quantitative estimate of drug-likeness (QED) is 0.485. The molecule has 4 heteroatoms. The Labute approximate surface area is 145 Å². The first kappa shape index (κ1) is 16.1. The van der Waals surface area contributed by atoms with Crippen LogP contribution in [0.4, 0.5) is 0 Å². The van der Waals surface area contributed by atoms with Crippen LogP contribution in [0.25, 0.3) is 11.1 Å². The summed E-state index contributed by atoms with van der Waals surface area (Å²) >= 11 is 5.97. The molecule has 0 aliphatic carbocycles. The van der Waals surface area contributed by atoms with Crippen molar-refractivity contribution in [3.05, 3.63) is 83.9 Å². The van der Waals surface area contributed by atoms with Crippen LogP contribution in [0, 0.1) is 0 Å². The van der Waals surface area contributed by atoms with E-state index in [0.29, 0.717) is 16.5 Å². The number of hydrogen-bond acceptors (Lipinski definition) is 3. The third-order valence-corrected chi connectivity index (χ3v) is 3.69. The van der Waals surface area contributed by atoms with Gasteiger partial charge in [-0.3, -0.25) is 0 Å². The van der Waals surface area contributed by atoms with Crippen molar-refractivity contribution in [3.8, 4) is 22.6 Å². The fourth-order valence-electron chi connectivity index (χ4n) is 2.21. The minimum atomic E-state index is -0.484. The van der Waals surface area contributed by atoms with E-state index >= 15 is 0 Å². The number of benzene rings is 3. The monoisotopic (exact) mass is 338 g/mol. The van der Waals surface area contributed by atoms with Crippen LogP contribution < -0.4 is 9.47 Å². The minimum absolute atomic E-state index is 0.204. The van der Waals surface area contributed by atoms with E-state index in [1.54, 1.807) is 36.4 Å². The molecule has 3 nitrogen and oxygen atoms in total. The fraction of sp³-hybridized carbons (Fsp3) is 0.0500. The second-order valence-electron chi connectivity index (χ2n) is 5.08. The molecule has 0 spiro atoms. The fourth-order valence-corrected chi connectivity index (χ4v) is 2.40. The van der Waals surface area contributed by atoms with Crippen LogP contribution in [0.2, 0.25) is 5.02 Å². The third-order valence-electron chi connectivity index (χ3n) is 3.38. The molecule has 0 aliphatic heterocycles. The lowest BCUT2D eigenvalue weighted by molar-refractivity contribution is -0.136. The number of para-hydroxylation sites is 1. The van der Waals surface area contributed by atoms with E-state index < -0.39 is 5.97 Å². The second-order valence-corrected chi connectivity index (χ2v) is 5.49. The van der Waals surface area contributed by atoms with Crippen molar-refractivity contribution in [3.63, 3.8) is 0 Å².